The van der Waals surface area contributed by atoms with Crippen molar-refractivity contribution in [1.82, 2.24) is 0 Å². The Kier molecular flexibility index (Phi) is 47.3. The van der Waals surface area contributed by atoms with Crippen molar-refractivity contribution in [2.24, 2.45) is 0 Å². The van der Waals surface area contributed by atoms with E-state index in [1.807, 2.05) is 72.9 Å². The molecule has 0 fully saturated rings. The van der Waals surface area contributed by atoms with E-state index in [-0.39, 0.29) is 19.5 Å². The molecule has 0 rings (SSSR count). The van der Waals surface area contributed by atoms with Crippen LogP contribution in [0.15, 0.2) is 146 Å². The summed E-state index contributed by atoms with van der Waals surface area (Å²) in [4.78, 5) is 20.2. The molecule has 0 amide bonds. The van der Waals surface area contributed by atoms with Crippen LogP contribution in [0, 0.1) is 0 Å². The monoisotopic (exact) mass is 718 g/mol. The predicted molar refractivity (Wildman–Crippen MR) is 205 cm³/mol. The van der Waals surface area contributed by atoms with E-state index in [9.17, 15) is 19.8 Å². The minimum absolute atomic E-state index is 0. The maximum absolute atomic E-state index is 10.1. The molecule has 0 spiro atoms. The van der Waals surface area contributed by atoms with Gasteiger partial charge in [-0.3, -0.25) is 0 Å². The zero-order valence-corrected chi connectivity index (χ0v) is 33.5. The second kappa shape index (κ2) is 46.6. The number of allylic oxidation sites excluding steroid dienone is 22. The molecule has 0 radical (unpaired) electrons. The number of rotatable bonds is 28. The molecule has 0 aliphatic rings. The Hall–Kier alpha value is -3.56. The zero-order valence-electron chi connectivity index (χ0n) is 30.5. The van der Waals surface area contributed by atoms with E-state index in [1.54, 1.807) is 24.3 Å². The molecule has 0 aliphatic carbocycles. The molecule has 0 aromatic carbocycles. The summed E-state index contributed by atoms with van der Waals surface area (Å²) in [6.45, 7) is 4.50. The molecule has 0 saturated heterocycles. The van der Waals surface area contributed by atoms with Crippen LogP contribution in [-0.2, 0) is 29.1 Å². The van der Waals surface area contributed by atoms with Crippen LogP contribution in [0.2, 0.25) is 0 Å². The summed E-state index contributed by atoms with van der Waals surface area (Å²) in [5.74, 6) is -2.37. The quantitative estimate of drug-likeness (QED) is 0.0349. The van der Waals surface area contributed by atoms with Gasteiger partial charge in [-0.15, -0.1) is 0 Å². The molecule has 264 valence electrons. The summed E-state index contributed by atoms with van der Waals surface area (Å²) in [5, 5.41) is 20.2. The SMILES string of the molecule is CCCCCCCCC/C=C/C=C/C=C/C=C/C=C/C=C/C(=O)[O-].CCCCCCCCC/C=C/C=C/C=C/C=C/C=C/C=C/C(=O)[O-].[Zn+2]. The molecule has 0 N–H and O–H groups in total. The van der Waals surface area contributed by atoms with Crippen LogP contribution >= 0.6 is 0 Å². The van der Waals surface area contributed by atoms with E-state index in [1.165, 1.54) is 102 Å². The van der Waals surface area contributed by atoms with Crippen molar-refractivity contribution >= 4 is 11.9 Å². The summed E-state index contributed by atoms with van der Waals surface area (Å²) in [6.07, 6.45) is 64.8. The molecule has 0 unspecified atom stereocenters. The van der Waals surface area contributed by atoms with Gasteiger partial charge in [0.15, 0.2) is 0 Å². The van der Waals surface area contributed by atoms with Crippen LogP contribution in [0.25, 0.3) is 0 Å². The Balaban J connectivity index is -0.000000846. The molecule has 0 aliphatic heterocycles. The van der Waals surface area contributed by atoms with Crippen LogP contribution in [0.1, 0.15) is 117 Å². The normalized spacial score (nSPS) is 12.8. The van der Waals surface area contributed by atoms with E-state index >= 15 is 0 Å². The zero-order chi connectivity index (χ0) is 35.4. The van der Waals surface area contributed by atoms with Crippen molar-refractivity contribution in [2.75, 3.05) is 0 Å². The number of carbonyl (C=O) groups is 2. The first kappa shape index (κ1) is 49.8. The van der Waals surface area contributed by atoms with Gasteiger partial charge in [0.05, 0.1) is 11.9 Å². The summed E-state index contributed by atoms with van der Waals surface area (Å²) < 4.78 is 0. The first-order valence-electron chi connectivity index (χ1n) is 18.0. The molecular formula is C44H62O4Zn. The maximum atomic E-state index is 10.1. The van der Waals surface area contributed by atoms with Crippen molar-refractivity contribution in [3.05, 3.63) is 146 Å². The van der Waals surface area contributed by atoms with Gasteiger partial charge in [0.2, 0.25) is 0 Å². The molecular weight excluding hydrogens is 658 g/mol. The van der Waals surface area contributed by atoms with Gasteiger partial charge in [-0.25, -0.2) is 0 Å². The van der Waals surface area contributed by atoms with Crippen molar-refractivity contribution < 1.29 is 39.3 Å². The fraction of sp³-hybridized carbons (Fsp3) is 0.409. The Morgan fingerprint density at radius 1 is 0.347 bits per heavy atom. The van der Waals surface area contributed by atoms with E-state index in [0.29, 0.717) is 0 Å². The smallest absolute Gasteiger partial charge is 0.545 e. The molecule has 0 saturated carbocycles. The summed E-state index contributed by atoms with van der Waals surface area (Å²) in [5.41, 5.74) is 0. The van der Waals surface area contributed by atoms with E-state index in [4.69, 9.17) is 0 Å². The molecule has 0 atom stereocenters. The maximum Gasteiger partial charge on any atom is 2.00 e. The number of hydrogen-bond donors (Lipinski definition) is 0. The van der Waals surface area contributed by atoms with Crippen LogP contribution in [0.3, 0.4) is 0 Å². The third kappa shape index (κ3) is 54.2. The average molecular weight is 720 g/mol. The van der Waals surface area contributed by atoms with Crippen molar-refractivity contribution in [2.45, 2.75) is 117 Å². The molecule has 0 aromatic heterocycles. The van der Waals surface area contributed by atoms with Gasteiger partial charge in [-0.2, -0.15) is 0 Å². The van der Waals surface area contributed by atoms with Gasteiger partial charge in [-0.1, -0.05) is 225 Å². The molecule has 0 heterocycles. The minimum Gasteiger partial charge on any atom is -0.545 e. The molecule has 49 heavy (non-hydrogen) atoms. The largest absolute Gasteiger partial charge is 2.00 e. The van der Waals surface area contributed by atoms with Crippen molar-refractivity contribution in [1.29, 1.82) is 0 Å². The van der Waals surface area contributed by atoms with Crippen LogP contribution in [-0.4, -0.2) is 11.9 Å². The van der Waals surface area contributed by atoms with Crippen molar-refractivity contribution in [3.8, 4) is 0 Å². The van der Waals surface area contributed by atoms with Crippen LogP contribution in [0.4, 0.5) is 0 Å². The molecule has 0 aromatic rings. The third-order valence-corrected chi connectivity index (χ3v) is 6.69. The van der Waals surface area contributed by atoms with Gasteiger partial charge in [0.1, 0.15) is 0 Å². The van der Waals surface area contributed by atoms with Gasteiger partial charge in [0.25, 0.3) is 0 Å². The number of carboxylic acid groups (broad SMARTS) is 2. The molecule has 5 heteroatoms. The minimum atomic E-state index is -1.19. The van der Waals surface area contributed by atoms with E-state index in [0.717, 1.165) is 25.0 Å². The summed E-state index contributed by atoms with van der Waals surface area (Å²) in [7, 11) is 0. The summed E-state index contributed by atoms with van der Waals surface area (Å²) in [6, 6.07) is 0. The number of aliphatic carboxylic acids is 2. The number of carboxylic acids is 2. The molecule has 0 bridgehead atoms. The van der Waals surface area contributed by atoms with Gasteiger partial charge >= 0.3 is 19.5 Å². The second-order valence-corrected chi connectivity index (χ2v) is 11.1. The Bertz CT molecular complexity index is 1020. The van der Waals surface area contributed by atoms with E-state index < -0.39 is 11.9 Å². The Morgan fingerprint density at radius 3 is 0.837 bits per heavy atom. The fourth-order valence-electron chi connectivity index (χ4n) is 4.08. The third-order valence-electron chi connectivity index (χ3n) is 6.69. The first-order valence-corrected chi connectivity index (χ1v) is 18.0. The molecule has 4 nitrogen and oxygen atoms in total. The average Bonchev–Trinajstić information content (AvgIpc) is 3.07. The Morgan fingerprint density at radius 2 is 0.571 bits per heavy atom. The topological polar surface area (TPSA) is 80.3 Å². The Labute approximate surface area is 312 Å². The van der Waals surface area contributed by atoms with Crippen LogP contribution in [0.5, 0.6) is 0 Å². The summed E-state index contributed by atoms with van der Waals surface area (Å²) >= 11 is 0. The number of hydrogen-bond acceptors (Lipinski definition) is 4. The van der Waals surface area contributed by atoms with Gasteiger partial charge in [0, 0.05) is 0 Å². The standard InChI is InChI=1S/2C22H32O2.Zn/c2*1-2-3-4-5-6-7-8-9-10-11-12-13-14-15-16-17-18-19-20-21-22(23)24;/h2*10-21H,2-9H2,1H3,(H,23,24);/q;;+2/p-2/b2*11-10+,13-12+,15-14+,17-16+,19-18+,21-20+;. The van der Waals surface area contributed by atoms with Crippen LogP contribution < -0.4 is 10.2 Å². The van der Waals surface area contributed by atoms with Crippen molar-refractivity contribution in [3.63, 3.8) is 0 Å². The predicted octanol–water partition coefficient (Wildman–Crippen LogP) is 10.4. The van der Waals surface area contributed by atoms with E-state index in [2.05, 4.69) is 38.2 Å². The fourth-order valence-corrected chi connectivity index (χ4v) is 4.08. The van der Waals surface area contributed by atoms with Gasteiger partial charge in [-0.05, 0) is 37.8 Å². The number of unbranched alkanes of at least 4 members (excludes halogenated alkanes) is 14. The first-order chi connectivity index (χ1) is 23.5. The van der Waals surface area contributed by atoms with Gasteiger partial charge < -0.3 is 19.8 Å². The second-order valence-electron chi connectivity index (χ2n) is 11.1. The number of carbonyl (C=O) groups excluding carboxylic acids is 2.